The molecule has 1 aromatic carbocycles. The third-order valence-electron chi connectivity index (χ3n) is 5.10. The number of aromatic nitrogens is 1. The van der Waals surface area contributed by atoms with Crippen molar-refractivity contribution < 1.29 is 17.7 Å². The summed E-state index contributed by atoms with van der Waals surface area (Å²) in [7, 11) is -3.54. The van der Waals surface area contributed by atoms with E-state index in [4.69, 9.17) is 4.52 Å². The Morgan fingerprint density at radius 3 is 2.56 bits per heavy atom. The fourth-order valence-electron chi connectivity index (χ4n) is 3.60. The van der Waals surface area contributed by atoms with Crippen LogP contribution in [0.5, 0.6) is 0 Å². The molecule has 27 heavy (non-hydrogen) atoms. The number of urea groups is 1. The number of nitrogens with zero attached hydrogens (tertiary/aromatic N) is 3. The van der Waals surface area contributed by atoms with Gasteiger partial charge in [-0.3, -0.25) is 5.32 Å². The minimum Gasteiger partial charge on any atom is -0.360 e. The van der Waals surface area contributed by atoms with Crippen LogP contribution in [0.15, 0.2) is 33.7 Å². The molecule has 144 valence electrons. The van der Waals surface area contributed by atoms with E-state index < -0.39 is 10.0 Å². The van der Waals surface area contributed by atoms with Gasteiger partial charge in [-0.1, -0.05) is 11.2 Å². The summed E-state index contributed by atoms with van der Waals surface area (Å²) in [5, 5.41) is 6.39. The number of carbonyl (C=O) groups is 1. The molecule has 1 N–H and O–H groups in total. The molecule has 1 fully saturated rings. The summed E-state index contributed by atoms with van der Waals surface area (Å²) in [5.41, 5.74) is 2.38. The van der Waals surface area contributed by atoms with Crippen molar-refractivity contribution in [2.45, 2.75) is 31.1 Å². The number of benzene rings is 1. The van der Waals surface area contributed by atoms with E-state index in [-0.39, 0.29) is 19.1 Å². The van der Waals surface area contributed by atoms with Crippen LogP contribution in [0.3, 0.4) is 0 Å². The highest BCUT2D eigenvalue weighted by atomic mass is 32.2. The largest absolute Gasteiger partial charge is 0.360 e. The molecule has 8 nitrogen and oxygen atoms in total. The molecule has 4 rings (SSSR count). The number of rotatable bonds is 3. The lowest BCUT2D eigenvalue weighted by molar-refractivity contribution is 0.184. The van der Waals surface area contributed by atoms with E-state index in [0.717, 1.165) is 24.8 Å². The average Bonchev–Trinajstić information content (AvgIpc) is 3.29. The maximum absolute atomic E-state index is 12.9. The molecule has 0 bridgehead atoms. The lowest BCUT2D eigenvalue weighted by Crippen LogP contribution is -2.51. The van der Waals surface area contributed by atoms with Crippen molar-refractivity contribution >= 4 is 21.9 Å². The highest BCUT2D eigenvalue weighted by Crippen LogP contribution is 2.26. The van der Waals surface area contributed by atoms with Gasteiger partial charge in [0.1, 0.15) is 5.76 Å². The number of aryl methyl sites for hydroxylation is 3. The molecule has 0 atom stereocenters. The third-order valence-corrected chi connectivity index (χ3v) is 6.99. The first-order chi connectivity index (χ1) is 12.9. The lowest BCUT2D eigenvalue weighted by atomic mass is 10.1. The molecule has 0 unspecified atom stereocenters. The van der Waals surface area contributed by atoms with Crippen LogP contribution in [-0.2, 0) is 22.9 Å². The summed E-state index contributed by atoms with van der Waals surface area (Å²) in [4.78, 5) is 14.2. The number of amides is 2. The van der Waals surface area contributed by atoms with Gasteiger partial charge in [0.25, 0.3) is 0 Å². The fourth-order valence-corrected chi connectivity index (χ4v) is 5.08. The van der Waals surface area contributed by atoms with E-state index in [2.05, 4.69) is 10.5 Å². The van der Waals surface area contributed by atoms with E-state index in [1.165, 1.54) is 9.87 Å². The number of fused-ring (bicyclic) bond motifs is 1. The molecule has 2 aliphatic rings. The van der Waals surface area contributed by atoms with Crippen molar-refractivity contribution in [2.75, 3.05) is 31.5 Å². The van der Waals surface area contributed by atoms with Crippen LogP contribution in [0.25, 0.3) is 0 Å². The second-order valence-electron chi connectivity index (χ2n) is 6.93. The van der Waals surface area contributed by atoms with Crippen LogP contribution in [0.4, 0.5) is 10.6 Å². The summed E-state index contributed by atoms with van der Waals surface area (Å²) in [6.07, 6.45) is 3.04. The van der Waals surface area contributed by atoms with Gasteiger partial charge in [-0.2, -0.15) is 4.31 Å². The van der Waals surface area contributed by atoms with Gasteiger partial charge in [-0.15, -0.1) is 0 Å². The summed E-state index contributed by atoms with van der Waals surface area (Å²) in [6, 6.07) is 6.76. The van der Waals surface area contributed by atoms with E-state index in [1.807, 2.05) is 12.1 Å². The Kier molecular flexibility index (Phi) is 4.65. The van der Waals surface area contributed by atoms with E-state index in [9.17, 15) is 13.2 Å². The third kappa shape index (κ3) is 3.57. The number of piperazine rings is 1. The zero-order chi connectivity index (χ0) is 19.0. The van der Waals surface area contributed by atoms with Crippen molar-refractivity contribution in [3.63, 3.8) is 0 Å². The Morgan fingerprint density at radius 2 is 1.85 bits per heavy atom. The highest BCUT2D eigenvalue weighted by Gasteiger charge is 2.31. The average molecular weight is 390 g/mol. The van der Waals surface area contributed by atoms with Crippen molar-refractivity contribution in [2.24, 2.45) is 0 Å². The molecule has 0 radical (unpaired) electrons. The second-order valence-corrected chi connectivity index (χ2v) is 8.87. The van der Waals surface area contributed by atoms with Crippen LogP contribution in [0.1, 0.15) is 23.3 Å². The van der Waals surface area contributed by atoms with Crippen molar-refractivity contribution in [3.05, 3.63) is 41.2 Å². The van der Waals surface area contributed by atoms with Crippen LogP contribution < -0.4 is 5.32 Å². The van der Waals surface area contributed by atoms with Gasteiger partial charge in [0, 0.05) is 32.2 Å². The number of carbonyl (C=O) groups excluding carboxylic acids is 1. The zero-order valence-corrected chi connectivity index (χ0v) is 16.0. The second kappa shape index (κ2) is 6.97. The standard InChI is InChI=1S/C18H22N4O4S/c1-13-11-17(20-26-13)19-18(23)21-7-9-22(10-8-21)27(24,25)16-6-5-14-3-2-4-15(14)12-16/h5-6,11-12H,2-4,7-10H2,1H3,(H,19,20,23). The van der Waals surface area contributed by atoms with Crippen LogP contribution in [0.2, 0.25) is 0 Å². The van der Waals surface area contributed by atoms with E-state index >= 15 is 0 Å². The zero-order valence-electron chi connectivity index (χ0n) is 15.1. The molecule has 1 saturated heterocycles. The number of anilines is 1. The summed E-state index contributed by atoms with van der Waals surface area (Å²) in [5.74, 6) is 0.959. The first-order valence-corrected chi connectivity index (χ1v) is 10.5. The minimum atomic E-state index is -3.54. The van der Waals surface area contributed by atoms with Gasteiger partial charge < -0.3 is 9.42 Å². The Morgan fingerprint density at radius 1 is 1.11 bits per heavy atom. The van der Waals surface area contributed by atoms with Crippen molar-refractivity contribution in [1.82, 2.24) is 14.4 Å². The molecule has 9 heteroatoms. The Balaban J connectivity index is 1.40. The van der Waals surface area contributed by atoms with Gasteiger partial charge in [-0.05, 0) is 49.4 Å². The maximum atomic E-state index is 12.9. The molecule has 0 spiro atoms. The minimum absolute atomic E-state index is 0.269. The Hall–Kier alpha value is -2.39. The molecule has 1 aromatic heterocycles. The first kappa shape index (κ1) is 18.0. The number of hydrogen-bond donors (Lipinski definition) is 1. The van der Waals surface area contributed by atoms with E-state index in [1.54, 1.807) is 24.0 Å². The lowest BCUT2D eigenvalue weighted by Gasteiger charge is -2.33. The summed E-state index contributed by atoms with van der Waals surface area (Å²) >= 11 is 0. The Labute approximate surface area is 158 Å². The molecule has 2 amide bonds. The Bertz CT molecular complexity index is 961. The highest BCUT2D eigenvalue weighted by molar-refractivity contribution is 7.89. The topological polar surface area (TPSA) is 95.8 Å². The number of sulfonamides is 1. The number of nitrogens with one attached hydrogen (secondary N) is 1. The van der Waals surface area contributed by atoms with Crippen LogP contribution in [0, 0.1) is 6.92 Å². The number of hydrogen-bond acceptors (Lipinski definition) is 5. The smallest absolute Gasteiger partial charge is 0.323 e. The van der Waals surface area contributed by atoms with Crippen molar-refractivity contribution in [3.8, 4) is 0 Å². The van der Waals surface area contributed by atoms with Crippen LogP contribution >= 0.6 is 0 Å². The SMILES string of the molecule is Cc1cc(NC(=O)N2CCN(S(=O)(=O)c3ccc4c(c3)CCC4)CC2)no1. The summed E-state index contributed by atoms with van der Waals surface area (Å²) < 4.78 is 32.3. The van der Waals surface area contributed by atoms with E-state index in [0.29, 0.717) is 29.6 Å². The maximum Gasteiger partial charge on any atom is 0.323 e. The predicted octanol–water partition coefficient (Wildman–Crippen LogP) is 2.01. The first-order valence-electron chi connectivity index (χ1n) is 9.05. The molecular weight excluding hydrogens is 368 g/mol. The van der Waals surface area contributed by atoms with Gasteiger partial charge in [0.15, 0.2) is 5.82 Å². The van der Waals surface area contributed by atoms with Gasteiger partial charge >= 0.3 is 6.03 Å². The predicted molar refractivity (Wildman–Crippen MR) is 99.1 cm³/mol. The fraction of sp³-hybridized carbons (Fsp3) is 0.444. The monoisotopic (exact) mass is 390 g/mol. The summed E-state index contributed by atoms with van der Waals surface area (Å²) in [6.45, 7) is 2.93. The van der Waals surface area contributed by atoms with Gasteiger partial charge in [0.2, 0.25) is 10.0 Å². The molecule has 2 aromatic rings. The molecule has 0 saturated carbocycles. The molecule has 1 aliphatic carbocycles. The quantitative estimate of drug-likeness (QED) is 0.865. The molecule has 1 aliphatic heterocycles. The molecular formula is C18H22N4O4S. The van der Waals surface area contributed by atoms with Gasteiger partial charge in [-0.25, -0.2) is 13.2 Å². The van der Waals surface area contributed by atoms with Crippen LogP contribution in [-0.4, -0.2) is 55.0 Å². The molecule has 2 heterocycles. The normalized spacial score (nSPS) is 17.7. The van der Waals surface area contributed by atoms with Gasteiger partial charge in [0.05, 0.1) is 4.90 Å². The van der Waals surface area contributed by atoms with Crippen molar-refractivity contribution in [1.29, 1.82) is 0 Å².